The zero-order valence-corrected chi connectivity index (χ0v) is 22.7. The first-order valence-electron chi connectivity index (χ1n) is 13.0. The molecule has 0 bridgehead atoms. The van der Waals surface area contributed by atoms with Crippen LogP contribution in [0.4, 0.5) is 10.7 Å². The Morgan fingerprint density at radius 2 is 1.76 bits per heavy atom. The molecule has 38 heavy (non-hydrogen) atoms. The summed E-state index contributed by atoms with van der Waals surface area (Å²) in [5.41, 5.74) is 3.24. The van der Waals surface area contributed by atoms with Gasteiger partial charge in [-0.2, -0.15) is 8.42 Å². The molecule has 1 aromatic carbocycles. The molecule has 2 saturated carbocycles. The summed E-state index contributed by atoms with van der Waals surface area (Å²) in [7, 11) is -3.99. The molecule has 200 valence electrons. The van der Waals surface area contributed by atoms with Crippen LogP contribution in [0.3, 0.4) is 0 Å². The van der Waals surface area contributed by atoms with Gasteiger partial charge < -0.3 is 21.3 Å². The Kier molecular flexibility index (Phi) is 6.47. The summed E-state index contributed by atoms with van der Waals surface area (Å²) in [5, 5.41) is 13.0. The van der Waals surface area contributed by atoms with Gasteiger partial charge in [-0.05, 0) is 75.5 Å². The van der Waals surface area contributed by atoms with Gasteiger partial charge in [0.05, 0.1) is 5.56 Å². The van der Waals surface area contributed by atoms with Gasteiger partial charge in [0.25, 0.3) is 5.91 Å². The largest absolute Gasteiger partial charge is 0.367 e. The maximum Gasteiger partial charge on any atom is 0.367 e. The van der Waals surface area contributed by atoms with E-state index >= 15 is 0 Å². The van der Waals surface area contributed by atoms with Crippen molar-refractivity contribution in [3.05, 3.63) is 45.8 Å². The Hall–Kier alpha value is -3.25. The normalized spacial score (nSPS) is 21.7. The Bertz CT molecular complexity index is 1450. The minimum absolute atomic E-state index is 0.0249. The summed E-state index contributed by atoms with van der Waals surface area (Å²) in [5.74, 6) is 0.690. The second kappa shape index (κ2) is 9.81. The van der Waals surface area contributed by atoms with E-state index in [9.17, 15) is 18.0 Å². The van der Waals surface area contributed by atoms with Gasteiger partial charge in [0.1, 0.15) is 5.00 Å². The average Bonchev–Trinajstić information content (AvgIpc) is 3.79. The lowest BCUT2D eigenvalue weighted by molar-refractivity contribution is -0.117. The van der Waals surface area contributed by atoms with Crippen molar-refractivity contribution in [2.75, 3.05) is 17.2 Å². The van der Waals surface area contributed by atoms with Crippen molar-refractivity contribution in [3.63, 3.8) is 0 Å². The first-order valence-corrected chi connectivity index (χ1v) is 15.2. The van der Waals surface area contributed by atoms with Crippen LogP contribution in [-0.2, 0) is 27.8 Å². The van der Waals surface area contributed by atoms with Gasteiger partial charge in [0.2, 0.25) is 5.91 Å². The molecule has 6 rings (SSSR count). The molecule has 0 saturated heterocycles. The molecule has 2 aromatic rings. The molecule has 0 spiro atoms. The van der Waals surface area contributed by atoms with Gasteiger partial charge in [0.15, 0.2) is 11.7 Å². The quantitative estimate of drug-likeness (QED) is 0.414. The van der Waals surface area contributed by atoms with Crippen molar-refractivity contribution in [1.29, 1.82) is 0 Å². The maximum atomic E-state index is 13.3. The molecular formula is C26H30N6O4S2. The average molecular weight is 555 g/mol. The van der Waals surface area contributed by atoms with E-state index in [4.69, 9.17) is 0 Å². The standard InChI is InChI=1S/C26H30N6O4S2/c1-14-2-8-17(9-3-14)28-22-23(32-38(35,36)31-22)29-18-10-11-20-19(12-18)21(25(34)27-13-15-4-5-15)26(37-20)30-24(33)16-6-7-16/h2-3,8-9,15-16,18H,4-7,10-13H2,1H3,(H,27,34)(H,28,31)(H,29,32)(H,30,33). The number of benzene rings is 1. The Morgan fingerprint density at radius 3 is 2.47 bits per heavy atom. The summed E-state index contributed by atoms with van der Waals surface area (Å²) < 4.78 is 32.1. The van der Waals surface area contributed by atoms with Crippen molar-refractivity contribution >= 4 is 55.7 Å². The molecule has 1 unspecified atom stereocenters. The van der Waals surface area contributed by atoms with Crippen LogP contribution in [0.1, 0.15) is 58.5 Å². The number of hydrogen-bond donors (Lipinski definition) is 4. The number of anilines is 2. The second-order valence-electron chi connectivity index (χ2n) is 10.5. The molecule has 4 aliphatic rings. The summed E-state index contributed by atoms with van der Waals surface area (Å²) in [6, 6.07) is 7.39. The number of nitrogens with one attached hydrogen (secondary N) is 4. The highest BCUT2D eigenvalue weighted by Crippen LogP contribution is 2.40. The Labute approximate surface area is 225 Å². The van der Waals surface area contributed by atoms with Crippen LogP contribution in [-0.4, -0.2) is 44.5 Å². The van der Waals surface area contributed by atoms with Gasteiger partial charge in [-0.3, -0.25) is 9.59 Å². The fraction of sp³-hybridized carbons (Fsp3) is 0.462. The molecule has 2 fully saturated rings. The van der Waals surface area contributed by atoms with Crippen LogP contribution >= 0.6 is 11.3 Å². The molecule has 1 atom stereocenters. The van der Waals surface area contributed by atoms with E-state index in [1.807, 2.05) is 31.2 Å². The molecule has 2 amide bonds. The number of hydrogen-bond acceptors (Lipinski definition) is 7. The highest BCUT2D eigenvalue weighted by atomic mass is 32.2. The third kappa shape index (κ3) is 5.60. The van der Waals surface area contributed by atoms with Crippen molar-refractivity contribution in [1.82, 2.24) is 10.6 Å². The zero-order valence-electron chi connectivity index (χ0n) is 21.0. The van der Waals surface area contributed by atoms with Crippen LogP contribution < -0.4 is 21.3 Å². The monoisotopic (exact) mass is 554 g/mol. The van der Waals surface area contributed by atoms with Crippen molar-refractivity contribution in [2.24, 2.45) is 20.6 Å². The van der Waals surface area contributed by atoms with Gasteiger partial charge in [-0.15, -0.1) is 20.1 Å². The number of amidine groups is 2. The van der Waals surface area contributed by atoms with E-state index < -0.39 is 10.2 Å². The predicted octanol–water partition coefficient (Wildman–Crippen LogP) is 3.16. The van der Waals surface area contributed by atoms with Crippen LogP contribution in [0, 0.1) is 18.8 Å². The summed E-state index contributed by atoms with van der Waals surface area (Å²) in [6.45, 7) is 2.61. The predicted molar refractivity (Wildman–Crippen MR) is 148 cm³/mol. The summed E-state index contributed by atoms with van der Waals surface area (Å²) in [4.78, 5) is 26.9. The SMILES string of the molecule is Cc1ccc(NC2=NS(=O)(=O)N=C2NC2CCc3sc(NC(=O)C4CC4)c(C(=O)NCC4CC4)c3C2)cc1. The van der Waals surface area contributed by atoms with E-state index in [2.05, 4.69) is 30.1 Å². The van der Waals surface area contributed by atoms with Crippen LogP contribution in [0.15, 0.2) is 33.1 Å². The minimum atomic E-state index is -3.99. The third-order valence-corrected chi connectivity index (χ3v) is 9.25. The van der Waals surface area contributed by atoms with Crippen molar-refractivity contribution in [3.8, 4) is 0 Å². The fourth-order valence-corrected chi connectivity index (χ4v) is 6.74. The molecule has 1 aliphatic heterocycles. The minimum Gasteiger partial charge on any atom is -0.363 e. The summed E-state index contributed by atoms with van der Waals surface area (Å²) in [6.07, 6.45) is 5.97. The fourth-order valence-electron chi connectivity index (χ4n) is 4.72. The number of thiophene rings is 1. The Balaban J connectivity index is 1.22. The third-order valence-electron chi connectivity index (χ3n) is 7.21. The van der Waals surface area contributed by atoms with Gasteiger partial charge in [0, 0.05) is 29.1 Å². The first-order chi connectivity index (χ1) is 18.2. The van der Waals surface area contributed by atoms with Crippen LogP contribution in [0.2, 0.25) is 0 Å². The van der Waals surface area contributed by atoms with Crippen LogP contribution in [0.5, 0.6) is 0 Å². The maximum absolute atomic E-state index is 13.3. The highest BCUT2D eigenvalue weighted by Gasteiger charge is 2.35. The van der Waals surface area contributed by atoms with E-state index in [-0.39, 0.29) is 35.4 Å². The van der Waals surface area contributed by atoms with Gasteiger partial charge >= 0.3 is 10.2 Å². The van der Waals surface area contributed by atoms with E-state index in [0.717, 1.165) is 48.1 Å². The number of rotatable bonds is 7. The van der Waals surface area contributed by atoms with Gasteiger partial charge in [-0.1, -0.05) is 17.7 Å². The molecular weight excluding hydrogens is 524 g/mol. The Morgan fingerprint density at radius 1 is 1.03 bits per heavy atom. The molecule has 10 nitrogen and oxygen atoms in total. The van der Waals surface area contributed by atoms with E-state index in [0.29, 0.717) is 41.6 Å². The molecule has 1 aromatic heterocycles. The first kappa shape index (κ1) is 25.1. The summed E-state index contributed by atoms with van der Waals surface area (Å²) >= 11 is 1.48. The number of carbonyl (C=O) groups is 2. The lowest BCUT2D eigenvalue weighted by atomic mass is 9.91. The molecule has 4 N–H and O–H groups in total. The molecule has 2 heterocycles. The van der Waals surface area contributed by atoms with Crippen molar-refractivity contribution in [2.45, 2.75) is 57.9 Å². The number of amides is 2. The number of nitrogens with zero attached hydrogens (tertiary/aromatic N) is 2. The lowest BCUT2D eigenvalue weighted by Crippen LogP contribution is -2.43. The van der Waals surface area contributed by atoms with Crippen molar-refractivity contribution < 1.29 is 18.0 Å². The molecule has 3 aliphatic carbocycles. The number of carbonyl (C=O) groups excluding carboxylic acids is 2. The van der Waals surface area contributed by atoms with E-state index in [1.165, 1.54) is 11.3 Å². The van der Waals surface area contributed by atoms with Gasteiger partial charge in [-0.25, -0.2) is 0 Å². The smallest absolute Gasteiger partial charge is 0.363 e. The number of fused-ring (bicyclic) bond motifs is 1. The highest BCUT2D eigenvalue weighted by molar-refractivity contribution is 7.89. The zero-order chi connectivity index (χ0) is 26.4. The number of aryl methyl sites for hydroxylation is 2. The van der Waals surface area contributed by atoms with Crippen LogP contribution in [0.25, 0.3) is 0 Å². The topological polar surface area (TPSA) is 141 Å². The second-order valence-corrected chi connectivity index (χ2v) is 12.9. The molecule has 12 heteroatoms. The van der Waals surface area contributed by atoms with E-state index in [1.54, 1.807) is 0 Å². The molecule has 0 radical (unpaired) electrons. The lowest BCUT2D eigenvalue weighted by Gasteiger charge is -2.25.